The van der Waals surface area contributed by atoms with Gasteiger partial charge in [-0.1, -0.05) is 89.2 Å². The van der Waals surface area contributed by atoms with Gasteiger partial charge in [0, 0.05) is 12.0 Å². The van der Waals surface area contributed by atoms with Crippen LogP contribution in [0.1, 0.15) is 95.6 Å². The molecule has 2 rings (SSSR count). The maximum atomic E-state index is 3.25. The third kappa shape index (κ3) is 7.12. The van der Waals surface area contributed by atoms with E-state index in [0.717, 1.165) is 24.7 Å². The van der Waals surface area contributed by atoms with Gasteiger partial charge in [-0.05, 0) is 48.8 Å². The van der Waals surface area contributed by atoms with Gasteiger partial charge in [-0.2, -0.15) is 0 Å². The quantitative estimate of drug-likeness (QED) is 0.351. The van der Waals surface area contributed by atoms with Crippen LogP contribution in [0.25, 0.3) is 0 Å². The standard InChI is InChI=1S/C24H36/c1-3-5-7-9-21-11-15-23(16-12-21)19-20-24-17-13-22(14-18-24)10-8-6-4-2/h13-14,17-18,21,23H,3-7,9,11-12,15-16,19-20H2,1-2H3. The van der Waals surface area contributed by atoms with Crippen molar-refractivity contribution >= 4 is 0 Å². The fourth-order valence-corrected chi connectivity index (χ4v) is 3.91. The normalized spacial score (nSPS) is 20.4. The Morgan fingerprint density at radius 2 is 1.50 bits per heavy atom. The van der Waals surface area contributed by atoms with E-state index in [2.05, 4.69) is 50.0 Å². The molecule has 1 aliphatic rings. The molecular weight excluding hydrogens is 288 g/mol. The van der Waals surface area contributed by atoms with Gasteiger partial charge in [0.2, 0.25) is 0 Å². The van der Waals surface area contributed by atoms with E-state index in [1.807, 2.05) is 0 Å². The topological polar surface area (TPSA) is 0 Å². The molecule has 0 nitrogen and oxygen atoms in total. The summed E-state index contributed by atoms with van der Waals surface area (Å²) in [5.74, 6) is 8.49. The molecule has 1 aliphatic carbocycles. The van der Waals surface area contributed by atoms with Gasteiger partial charge in [-0.15, -0.1) is 0 Å². The highest BCUT2D eigenvalue weighted by Crippen LogP contribution is 2.34. The van der Waals surface area contributed by atoms with Crippen LogP contribution in [0.2, 0.25) is 0 Å². The van der Waals surface area contributed by atoms with Crippen LogP contribution in [0.4, 0.5) is 0 Å². The third-order valence-corrected chi connectivity index (χ3v) is 5.59. The van der Waals surface area contributed by atoms with E-state index in [1.165, 1.54) is 75.3 Å². The van der Waals surface area contributed by atoms with E-state index in [9.17, 15) is 0 Å². The summed E-state index contributed by atoms with van der Waals surface area (Å²) in [6.07, 6.45) is 16.4. The third-order valence-electron chi connectivity index (χ3n) is 5.59. The van der Waals surface area contributed by atoms with Gasteiger partial charge in [-0.25, -0.2) is 0 Å². The second-order valence-corrected chi connectivity index (χ2v) is 7.67. The van der Waals surface area contributed by atoms with E-state index in [-0.39, 0.29) is 0 Å². The van der Waals surface area contributed by atoms with E-state index < -0.39 is 0 Å². The van der Waals surface area contributed by atoms with Crippen molar-refractivity contribution in [2.24, 2.45) is 11.8 Å². The second kappa shape index (κ2) is 11.4. The van der Waals surface area contributed by atoms with Crippen molar-refractivity contribution in [3.05, 3.63) is 35.4 Å². The molecule has 1 fully saturated rings. The van der Waals surface area contributed by atoms with Gasteiger partial charge < -0.3 is 0 Å². The Labute approximate surface area is 150 Å². The van der Waals surface area contributed by atoms with E-state index in [4.69, 9.17) is 0 Å². The van der Waals surface area contributed by atoms with Crippen molar-refractivity contribution in [2.75, 3.05) is 0 Å². The molecule has 0 spiro atoms. The summed E-state index contributed by atoms with van der Waals surface area (Å²) < 4.78 is 0. The molecular formula is C24H36. The number of unbranched alkanes of at least 4 members (excludes halogenated alkanes) is 3. The zero-order valence-electron chi connectivity index (χ0n) is 15.9. The zero-order valence-corrected chi connectivity index (χ0v) is 15.9. The van der Waals surface area contributed by atoms with Crippen molar-refractivity contribution in [2.45, 2.75) is 90.9 Å². The molecule has 132 valence electrons. The Balaban J connectivity index is 1.66. The lowest BCUT2D eigenvalue weighted by Gasteiger charge is -2.28. The molecule has 0 bridgehead atoms. The Morgan fingerprint density at radius 1 is 0.833 bits per heavy atom. The SMILES string of the molecule is CCCC#Cc1ccc(CCC2CCC(CCCCC)CC2)cc1. The Hall–Kier alpha value is -1.22. The molecule has 1 aromatic carbocycles. The monoisotopic (exact) mass is 324 g/mol. The predicted molar refractivity (Wildman–Crippen MR) is 106 cm³/mol. The molecule has 0 heterocycles. The van der Waals surface area contributed by atoms with Crippen LogP contribution >= 0.6 is 0 Å². The number of hydrogen-bond donors (Lipinski definition) is 0. The van der Waals surface area contributed by atoms with Crippen LogP contribution in [0.15, 0.2) is 24.3 Å². The molecule has 0 aliphatic heterocycles. The van der Waals surface area contributed by atoms with Crippen molar-refractivity contribution in [1.29, 1.82) is 0 Å². The van der Waals surface area contributed by atoms with E-state index in [0.29, 0.717) is 0 Å². The number of aryl methyl sites for hydroxylation is 1. The van der Waals surface area contributed by atoms with Gasteiger partial charge in [0.1, 0.15) is 0 Å². The van der Waals surface area contributed by atoms with Gasteiger partial charge in [0.15, 0.2) is 0 Å². The van der Waals surface area contributed by atoms with Crippen molar-refractivity contribution < 1.29 is 0 Å². The molecule has 24 heavy (non-hydrogen) atoms. The summed E-state index contributed by atoms with van der Waals surface area (Å²) in [5.41, 5.74) is 2.65. The summed E-state index contributed by atoms with van der Waals surface area (Å²) in [5, 5.41) is 0. The first-order valence-electron chi connectivity index (χ1n) is 10.4. The summed E-state index contributed by atoms with van der Waals surface area (Å²) >= 11 is 0. The Bertz CT molecular complexity index is 491. The van der Waals surface area contributed by atoms with Gasteiger partial charge in [-0.3, -0.25) is 0 Å². The first-order valence-corrected chi connectivity index (χ1v) is 10.4. The van der Waals surface area contributed by atoms with Gasteiger partial charge in [0.05, 0.1) is 0 Å². The van der Waals surface area contributed by atoms with Crippen LogP contribution in [-0.2, 0) is 6.42 Å². The van der Waals surface area contributed by atoms with E-state index >= 15 is 0 Å². The largest absolute Gasteiger partial charge is 0.0979 e. The van der Waals surface area contributed by atoms with Crippen LogP contribution < -0.4 is 0 Å². The second-order valence-electron chi connectivity index (χ2n) is 7.67. The fraction of sp³-hybridized carbons (Fsp3) is 0.667. The summed E-state index contributed by atoms with van der Waals surface area (Å²) in [4.78, 5) is 0. The minimum atomic E-state index is 0.969. The van der Waals surface area contributed by atoms with Crippen molar-refractivity contribution in [1.82, 2.24) is 0 Å². The highest BCUT2D eigenvalue weighted by molar-refractivity contribution is 5.36. The van der Waals surface area contributed by atoms with E-state index in [1.54, 1.807) is 0 Å². The Kier molecular flexibility index (Phi) is 9.04. The van der Waals surface area contributed by atoms with Gasteiger partial charge in [0.25, 0.3) is 0 Å². The smallest absolute Gasteiger partial charge is 0.0245 e. The number of rotatable bonds is 8. The minimum absolute atomic E-state index is 0.969. The molecule has 0 aromatic heterocycles. The Morgan fingerprint density at radius 3 is 2.12 bits per heavy atom. The first-order chi connectivity index (χ1) is 11.8. The van der Waals surface area contributed by atoms with Crippen molar-refractivity contribution in [3.63, 3.8) is 0 Å². The van der Waals surface area contributed by atoms with Crippen LogP contribution in [-0.4, -0.2) is 0 Å². The lowest BCUT2D eigenvalue weighted by atomic mass is 9.78. The lowest BCUT2D eigenvalue weighted by Crippen LogP contribution is -2.15. The molecule has 1 saturated carbocycles. The number of hydrogen-bond acceptors (Lipinski definition) is 0. The minimum Gasteiger partial charge on any atom is -0.0979 e. The number of benzene rings is 1. The molecule has 0 heteroatoms. The van der Waals surface area contributed by atoms with Crippen molar-refractivity contribution in [3.8, 4) is 11.8 Å². The highest BCUT2D eigenvalue weighted by atomic mass is 14.3. The molecule has 0 atom stereocenters. The lowest BCUT2D eigenvalue weighted by molar-refractivity contribution is 0.249. The summed E-state index contributed by atoms with van der Waals surface area (Å²) in [7, 11) is 0. The fourth-order valence-electron chi connectivity index (χ4n) is 3.91. The molecule has 0 amide bonds. The molecule has 0 saturated heterocycles. The summed E-state index contributed by atoms with van der Waals surface area (Å²) in [6.45, 7) is 4.48. The van der Waals surface area contributed by atoms with Gasteiger partial charge >= 0.3 is 0 Å². The molecule has 0 N–H and O–H groups in total. The van der Waals surface area contributed by atoms with Crippen LogP contribution in [0.3, 0.4) is 0 Å². The first kappa shape index (κ1) is 19.1. The van der Waals surface area contributed by atoms with Crippen LogP contribution in [0, 0.1) is 23.7 Å². The molecule has 0 unspecified atom stereocenters. The molecule has 0 radical (unpaired) electrons. The average Bonchev–Trinajstić information content (AvgIpc) is 2.63. The van der Waals surface area contributed by atoms with Crippen LogP contribution in [0.5, 0.6) is 0 Å². The molecule has 1 aromatic rings. The predicted octanol–water partition coefficient (Wildman–Crippen LogP) is 7.16. The maximum Gasteiger partial charge on any atom is 0.0245 e. The maximum absolute atomic E-state index is 3.25. The highest BCUT2D eigenvalue weighted by Gasteiger charge is 2.20. The zero-order chi connectivity index (χ0) is 17.0. The average molecular weight is 325 g/mol. The summed E-state index contributed by atoms with van der Waals surface area (Å²) in [6, 6.07) is 8.96.